The number of amides is 3. The minimum Gasteiger partial charge on any atom is -0.496 e. The molecule has 1 saturated carbocycles. The number of esters is 1. The zero-order valence-corrected chi connectivity index (χ0v) is 23.7. The summed E-state index contributed by atoms with van der Waals surface area (Å²) >= 11 is 0. The van der Waals surface area contributed by atoms with Crippen LogP contribution in [0.15, 0.2) is 18.2 Å². The van der Waals surface area contributed by atoms with E-state index in [1.165, 1.54) is 0 Å². The van der Waals surface area contributed by atoms with Crippen molar-refractivity contribution in [2.75, 3.05) is 20.3 Å². The molecular formula is C29H41N3O7. The van der Waals surface area contributed by atoms with Crippen LogP contribution in [0.5, 0.6) is 5.75 Å². The molecule has 1 aliphatic carbocycles. The number of likely N-dealkylation sites (tertiary alicyclic amines) is 1. The zero-order valence-electron chi connectivity index (χ0n) is 23.7. The number of cyclic esters (lactones) is 1. The van der Waals surface area contributed by atoms with Gasteiger partial charge in [-0.15, -0.1) is 0 Å². The molecule has 10 heteroatoms. The fourth-order valence-corrected chi connectivity index (χ4v) is 6.14. The Balaban J connectivity index is 1.58. The van der Waals surface area contributed by atoms with Gasteiger partial charge >= 0.3 is 5.97 Å². The first-order chi connectivity index (χ1) is 18.4. The first-order valence-electron chi connectivity index (χ1n) is 13.8. The molecule has 0 radical (unpaired) electrons. The molecule has 2 N–H and O–H groups in total. The van der Waals surface area contributed by atoms with Gasteiger partial charge in [0.2, 0.25) is 18.1 Å². The number of benzene rings is 1. The highest BCUT2D eigenvalue weighted by molar-refractivity contribution is 6.00. The van der Waals surface area contributed by atoms with E-state index in [0.717, 1.165) is 19.3 Å². The van der Waals surface area contributed by atoms with Crippen LogP contribution in [0.1, 0.15) is 69.3 Å². The molecule has 6 atom stereocenters. The van der Waals surface area contributed by atoms with E-state index >= 15 is 0 Å². The minimum atomic E-state index is -0.865. The van der Waals surface area contributed by atoms with Crippen molar-refractivity contribution in [1.82, 2.24) is 15.5 Å². The van der Waals surface area contributed by atoms with E-state index in [1.807, 2.05) is 20.8 Å². The lowest BCUT2D eigenvalue weighted by molar-refractivity contribution is -0.165. The van der Waals surface area contributed by atoms with E-state index in [-0.39, 0.29) is 30.1 Å². The van der Waals surface area contributed by atoms with Crippen LogP contribution in [0.3, 0.4) is 0 Å². The van der Waals surface area contributed by atoms with E-state index in [2.05, 4.69) is 10.6 Å². The monoisotopic (exact) mass is 543 g/mol. The number of hydrogen-bond donors (Lipinski definition) is 2. The van der Waals surface area contributed by atoms with Crippen molar-refractivity contribution in [3.63, 3.8) is 0 Å². The van der Waals surface area contributed by atoms with Crippen LogP contribution in [0.25, 0.3) is 0 Å². The maximum Gasteiger partial charge on any atom is 0.310 e. The standard InChI is InChI=1S/C29H41N3O7/c1-7-38-28-20(14-22(33)39-28)30-26(35)23-18-12-11-17(13-18)15-32(23)27(36)24(29(3,4)5)31-25(34)19-9-8-10-21(37-6)16(19)2/h8-10,17-18,20,23-24,28H,7,11-15H2,1-6H3,(H,30,35)(H,31,34)/t17-,18-,20?,23-,24+,28+/m0/s1. The molecule has 10 nitrogen and oxygen atoms in total. The summed E-state index contributed by atoms with van der Waals surface area (Å²) in [6, 6.07) is 3.05. The molecule has 3 amide bonds. The number of fused-ring (bicyclic) bond motifs is 2. The summed E-state index contributed by atoms with van der Waals surface area (Å²) in [5, 5.41) is 5.91. The second kappa shape index (κ2) is 11.5. The molecule has 3 aliphatic rings. The number of hydrogen-bond acceptors (Lipinski definition) is 7. The van der Waals surface area contributed by atoms with Crippen LogP contribution < -0.4 is 15.4 Å². The number of carbonyl (C=O) groups excluding carboxylic acids is 4. The third kappa shape index (κ3) is 6.05. The van der Waals surface area contributed by atoms with Crippen molar-refractivity contribution in [2.24, 2.45) is 17.3 Å². The zero-order chi connectivity index (χ0) is 28.5. The predicted octanol–water partition coefficient (Wildman–Crippen LogP) is 2.57. The average molecular weight is 544 g/mol. The maximum atomic E-state index is 14.2. The molecule has 1 aromatic rings. The van der Waals surface area contributed by atoms with Crippen molar-refractivity contribution in [2.45, 2.75) is 84.7 Å². The van der Waals surface area contributed by atoms with E-state index in [1.54, 1.807) is 44.1 Å². The van der Waals surface area contributed by atoms with Gasteiger partial charge in [0, 0.05) is 24.3 Å². The summed E-state index contributed by atoms with van der Waals surface area (Å²) in [5.74, 6) is -0.495. The summed E-state index contributed by atoms with van der Waals surface area (Å²) in [5.41, 5.74) is 0.489. The van der Waals surface area contributed by atoms with Crippen molar-refractivity contribution in [3.8, 4) is 5.75 Å². The first kappa shape index (κ1) is 28.9. The Hall–Kier alpha value is -3.14. The SMILES string of the molecule is CCO[C@@H]1OC(=O)CC1NC(=O)[C@@H]1[C@H]2CC[C@@H](C2)CN1C(=O)[C@@H](NC(=O)c1cccc(OC)c1C)C(C)(C)C. The van der Waals surface area contributed by atoms with Crippen molar-refractivity contribution in [1.29, 1.82) is 0 Å². The second-order valence-corrected chi connectivity index (χ2v) is 11.9. The number of nitrogens with zero attached hydrogens (tertiary/aromatic N) is 1. The van der Waals surface area contributed by atoms with Gasteiger partial charge in [-0.2, -0.15) is 0 Å². The molecule has 0 aromatic heterocycles. The van der Waals surface area contributed by atoms with Gasteiger partial charge in [0.15, 0.2) is 0 Å². The van der Waals surface area contributed by atoms with Crippen LogP contribution in [0, 0.1) is 24.2 Å². The van der Waals surface area contributed by atoms with Gasteiger partial charge in [-0.05, 0) is 62.5 Å². The van der Waals surface area contributed by atoms with E-state index in [9.17, 15) is 19.2 Å². The molecule has 2 bridgehead atoms. The smallest absolute Gasteiger partial charge is 0.310 e. The largest absolute Gasteiger partial charge is 0.496 e. The van der Waals surface area contributed by atoms with Crippen LogP contribution >= 0.6 is 0 Å². The molecule has 1 unspecified atom stereocenters. The normalized spacial score (nSPS) is 27.1. The molecule has 2 aliphatic heterocycles. The molecule has 214 valence electrons. The molecule has 2 saturated heterocycles. The van der Waals surface area contributed by atoms with Crippen LogP contribution in [0.4, 0.5) is 0 Å². The highest BCUT2D eigenvalue weighted by atomic mass is 16.7. The fourth-order valence-electron chi connectivity index (χ4n) is 6.14. The van der Waals surface area contributed by atoms with Gasteiger partial charge in [0.05, 0.1) is 13.5 Å². The van der Waals surface area contributed by atoms with Crippen LogP contribution in [-0.4, -0.2) is 73.3 Å². The van der Waals surface area contributed by atoms with Gasteiger partial charge in [-0.25, -0.2) is 0 Å². The Kier molecular flexibility index (Phi) is 8.54. The van der Waals surface area contributed by atoms with Crippen LogP contribution in [0.2, 0.25) is 0 Å². The Labute approximate surface area is 230 Å². The Morgan fingerprint density at radius 3 is 2.62 bits per heavy atom. The molecule has 39 heavy (non-hydrogen) atoms. The van der Waals surface area contributed by atoms with E-state index < -0.39 is 35.8 Å². The molecule has 0 spiro atoms. The number of nitrogens with one attached hydrogen (secondary N) is 2. The highest BCUT2D eigenvalue weighted by Crippen LogP contribution is 2.41. The number of methoxy groups -OCH3 is 1. The fraction of sp³-hybridized carbons (Fsp3) is 0.655. The minimum absolute atomic E-state index is 0.00761. The summed E-state index contributed by atoms with van der Waals surface area (Å²) < 4.78 is 16.1. The molecule has 2 heterocycles. The predicted molar refractivity (Wildman–Crippen MR) is 143 cm³/mol. The van der Waals surface area contributed by atoms with Gasteiger partial charge in [0.1, 0.15) is 23.9 Å². The van der Waals surface area contributed by atoms with Crippen molar-refractivity contribution >= 4 is 23.7 Å². The Morgan fingerprint density at radius 2 is 1.95 bits per heavy atom. The third-order valence-corrected chi connectivity index (χ3v) is 8.13. The molecule has 3 fully saturated rings. The molecular weight excluding hydrogens is 502 g/mol. The quantitative estimate of drug-likeness (QED) is 0.483. The summed E-state index contributed by atoms with van der Waals surface area (Å²) in [4.78, 5) is 54.9. The van der Waals surface area contributed by atoms with Gasteiger partial charge in [0.25, 0.3) is 5.91 Å². The third-order valence-electron chi connectivity index (χ3n) is 8.13. The first-order valence-corrected chi connectivity index (χ1v) is 13.8. The molecule has 1 aromatic carbocycles. The number of piperidine rings is 1. The average Bonchev–Trinajstić information content (AvgIpc) is 3.42. The Bertz CT molecular complexity index is 1110. The lowest BCUT2D eigenvalue weighted by Crippen LogP contribution is -2.63. The Morgan fingerprint density at radius 1 is 1.21 bits per heavy atom. The molecule has 4 rings (SSSR count). The van der Waals surface area contributed by atoms with Gasteiger partial charge in [-0.1, -0.05) is 26.8 Å². The van der Waals surface area contributed by atoms with Crippen LogP contribution in [-0.2, 0) is 23.9 Å². The number of rotatable bonds is 8. The summed E-state index contributed by atoms with van der Waals surface area (Å²) in [6.07, 6.45) is 1.83. The summed E-state index contributed by atoms with van der Waals surface area (Å²) in [7, 11) is 1.55. The lowest BCUT2D eigenvalue weighted by atomic mass is 9.83. The number of ether oxygens (including phenoxy) is 3. The van der Waals surface area contributed by atoms with Crippen molar-refractivity contribution in [3.05, 3.63) is 29.3 Å². The van der Waals surface area contributed by atoms with Gasteiger partial charge in [-0.3, -0.25) is 19.2 Å². The maximum absolute atomic E-state index is 14.2. The van der Waals surface area contributed by atoms with E-state index in [0.29, 0.717) is 35.9 Å². The number of carbonyl (C=O) groups is 4. The van der Waals surface area contributed by atoms with Gasteiger partial charge < -0.3 is 29.7 Å². The van der Waals surface area contributed by atoms with E-state index in [4.69, 9.17) is 14.2 Å². The second-order valence-electron chi connectivity index (χ2n) is 11.9. The van der Waals surface area contributed by atoms with Crippen molar-refractivity contribution < 1.29 is 33.4 Å². The summed E-state index contributed by atoms with van der Waals surface area (Å²) in [6.45, 7) is 10.1. The topological polar surface area (TPSA) is 123 Å². The highest BCUT2D eigenvalue weighted by Gasteiger charge is 2.50. The lowest BCUT2D eigenvalue weighted by Gasteiger charge is -2.43.